The first kappa shape index (κ1) is 15.3. The van der Waals surface area contributed by atoms with Crippen molar-refractivity contribution < 1.29 is 0 Å². The molecule has 2 nitrogen and oxygen atoms in total. The summed E-state index contributed by atoms with van der Waals surface area (Å²) in [5.41, 5.74) is 1.70. The lowest BCUT2D eigenvalue weighted by atomic mass is 9.96. The van der Waals surface area contributed by atoms with Crippen molar-refractivity contribution in [2.24, 2.45) is 5.41 Å². The zero-order chi connectivity index (χ0) is 14.4. The molecule has 1 aliphatic heterocycles. The maximum atomic E-state index is 2.59. The van der Waals surface area contributed by atoms with Crippen molar-refractivity contribution in [2.75, 3.05) is 39.3 Å². The van der Waals surface area contributed by atoms with Crippen LogP contribution in [0.3, 0.4) is 0 Å². The van der Waals surface area contributed by atoms with Crippen molar-refractivity contribution >= 4 is 6.08 Å². The first-order valence-electron chi connectivity index (χ1n) is 7.69. The number of piperazine rings is 1. The molecule has 1 aliphatic rings. The van der Waals surface area contributed by atoms with Crippen LogP contribution in [0.5, 0.6) is 0 Å². The SMILES string of the molecule is CC(C)(C)CN1CCN(C/C=C/c2ccccc2)CC1. The Bertz CT molecular complexity index is 409. The zero-order valence-corrected chi connectivity index (χ0v) is 13.2. The lowest BCUT2D eigenvalue weighted by Crippen LogP contribution is -2.48. The van der Waals surface area contributed by atoms with Gasteiger partial charge in [0.15, 0.2) is 0 Å². The van der Waals surface area contributed by atoms with Gasteiger partial charge in [-0.15, -0.1) is 0 Å². The second-order valence-corrected chi connectivity index (χ2v) is 6.95. The maximum Gasteiger partial charge on any atom is 0.0167 e. The molecule has 0 amide bonds. The topological polar surface area (TPSA) is 6.48 Å². The summed E-state index contributed by atoms with van der Waals surface area (Å²) in [5.74, 6) is 0. The average Bonchev–Trinajstić information content (AvgIpc) is 2.40. The zero-order valence-electron chi connectivity index (χ0n) is 13.2. The molecule has 0 N–H and O–H groups in total. The summed E-state index contributed by atoms with van der Waals surface area (Å²) >= 11 is 0. The van der Waals surface area contributed by atoms with E-state index in [1.165, 1.54) is 38.3 Å². The summed E-state index contributed by atoms with van der Waals surface area (Å²) in [6, 6.07) is 10.5. The van der Waals surface area contributed by atoms with Gasteiger partial charge in [-0.25, -0.2) is 0 Å². The Balaban J connectivity index is 1.71. The van der Waals surface area contributed by atoms with Crippen molar-refractivity contribution in [2.45, 2.75) is 20.8 Å². The monoisotopic (exact) mass is 272 g/mol. The third kappa shape index (κ3) is 5.48. The van der Waals surface area contributed by atoms with E-state index in [0.29, 0.717) is 5.41 Å². The summed E-state index contributed by atoms with van der Waals surface area (Å²) in [4.78, 5) is 5.13. The summed E-state index contributed by atoms with van der Waals surface area (Å²) in [5, 5.41) is 0. The lowest BCUT2D eigenvalue weighted by Gasteiger charge is -2.37. The maximum absolute atomic E-state index is 2.59. The first-order valence-corrected chi connectivity index (χ1v) is 7.69. The Hall–Kier alpha value is -1.12. The third-order valence-corrected chi connectivity index (χ3v) is 3.64. The normalized spacial score (nSPS) is 18.8. The van der Waals surface area contributed by atoms with Gasteiger partial charge in [0.1, 0.15) is 0 Å². The van der Waals surface area contributed by atoms with Gasteiger partial charge in [0.05, 0.1) is 0 Å². The summed E-state index contributed by atoms with van der Waals surface area (Å²) in [6.45, 7) is 14.0. The average molecular weight is 272 g/mol. The molecule has 0 aliphatic carbocycles. The van der Waals surface area contributed by atoms with E-state index in [-0.39, 0.29) is 0 Å². The van der Waals surface area contributed by atoms with Gasteiger partial charge in [-0.2, -0.15) is 0 Å². The van der Waals surface area contributed by atoms with Gasteiger partial charge in [0, 0.05) is 39.3 Å². The highest BCUT2D eigenvalue weighted by Crippen LogP contribution is 2.16. The van der Waals surface area contributed by atoms with Gasteiger partial charge in [-0.3, -0.25) is 4.90 Å². The largest absolute Gasteiger partial charge is 0.300 e. The van der Waals surface area contributed by atoms with Gasteiger partial charge in [0.25, 0.3) is 0 Å². The van der Waals surface area contributed by atoms with Crippen molar-refractivity contribution in [3.63, 3.8) is 0 Å². The van der Waals surface area contributed by atoms with Crippen LogP contribution in [0.15, 0.2) is 36.4 Å². The fourth-order valence-corrected chi connectivity index (χ4v) is 2.70. The van der Waals surface area contributed by atoms with E-state index >= 15 is 0 Å². The highest BCUT2D eigenvalue weighted by molar-refractivity contribution is 5.48. The number of rotatable bonds is 4. The molecule has 110 valence electrons. The fourth-order valence-electron chi connectivity index (χ4n) is 2.70. The van der Waals surface area contributed by atoms with Gasteiger partial charge in [0.2, 0.25) is 0 Å². The summed E-state index contributed by atoms with van der Waals surface area (Å²) in [7, 11) is 0. The minimum Gasteiger partial charge on any atom is -0.300 e. The molecule has 20 heavy (non-hydrogen) atoms. The molecule has 1 aromatic rings. The van der Waals surface area contributed by atoms with Crippen LogP contribution in [0.25, 0.3) is 6.08 Å². The smallest absolute Gasteiger partial charge is 0.0167 e. The highest BCUT2D eigenvalue weighted by atomic mass is 15.3. The molecule has 0 spiro atoms. The van der Waals surface area contributed by atoms with Crippen LogP contribution >= 0.6 is 0 Å². The van der Waals surface area contributed by atoms with Crippen molar-refractivity contribution in [3.8, 4) is 0 Å². The second kappa shape index (κ2) is 7.05. The molecule has 0 unspecified atom stereocenters. The minimum atomic E-state index is 0.412. The van der Waals surface area contributed by atoms with E-state index in [1.54, 1.807) is 0 Å². The molecule has 1 fully saturated rings. The van der Waals surface area contributed by atoms with Crippen LogP contribution in [-0.4, -0.2) is 49.1 Å². The van der Waals surface area contributed by atoms with E-state index < -0.39 is 0 Å². The van der Waals surface area contributed by atoms with Gasteiger partial charge in [-0.05, 0) is 11.0 Å². The van der Waals surface area contributed by atoms with E-state index in [9.17, 15) is 0 Å². The molecule has 0 radical (unpaired) electrons. The molecule has 2 heteroatoms. The second-order valence-electron chi connectivity index (χ2n) is 6.95. The summed E-state index contributed by atoms with van der Waals surface area (Å²) < 4.78 is 0. The minimum absolute atomic E-state index is 0.412. The van der Waals surface area contributed by atoms with Gasteiger partial charge >= 0.3 is 0 Å². The number of hydrogen-bond acceptors (Lipinski definition) is 2. The Kier molecular flexibility index (Phi) is 5.38. The van der Waals surface area contributed by atoms with Gasteiger partial charge in [-0.1, -0.05) is 63.3 Å². The van der Waals surface area contributed by atoms with E-state index in [4.69, 9.17) is 0 Å². The van der Waals surface area contributed by atoms with Gasteiger partial charge < -0.3 is 4.90 Å². The predicted molar refractivity (Wildman–Crippen MR) is 87.8 cm³/mol. The van der Waals surface area contributed by atoms with Crippen LogP contribution in [0.4, 0.5) is 0 Å². The van der Waals surface area contributed by atoms with Crippen LogP contribution in [0, 0.1) is 5.41 Å². The Morgan fingerprint density at radius 1 is 0.950 bits per heavy atom. The number of hydrogen-bond donors (Lipinski definition) is 0. The Morgan fingerprint density at radius 2 is 1.55 bits per heavy atom. The first-order chi connectivity index (χ1) is 9.53. The molecule has 0 bridgehead atoms. The Morgan fingerprint density at radius 3 is 2.15 bits per heavy atom. The summed E-state index contributed by atoms with van der Waals surface area (Å²) in [6.07, 6.45) is 4.51. The van der Waals surface area contributed by atoms with E-state index in [1.807, 2.05) is 0 Å². The molecule has 0 atom stereocenters. The van der Waals surface area contributed by atoms with Crippen LogP contribution in [0.2, 0.25) is 0 Å². The third-order valence-electron chi connectivity index (χ3n) is 3.64. The molecule has 0 saturated carbocycles. The molecule has 1 heterocycles. The van der Waals surface area contributed by atoms with Crippen LogP contribution < -0.4 is 0 Å². The molecular formula is C18H28N2. The molecule has 1 aromatic carbocycles. The van der Waals surface area contributed by atoms with Crippen molar-refractivity contribution in [1.29, 1.82) is 0 Å². The predicted octanol–water partition coefficient (Wildman–Crippen LogP) is 3.36. The molecule has 1 saturated heterocycles. The van der Waals surface area contributed by atoms with Crippen molar-refractivity contribution in [3.05, 3.63) is 42.0 Å². The fraction of sp³-hybridized carbons (Fsp3) is 0.556. The van der Waals surface area contributed by atoms with Crippen LogP contribution in [-0.2, 0) is 0 Å². The number of nitrogens with zero attached hydrogens (tertiary/aromatic N) is 2. The number of benzene rings is 1. The standard InChI is InChI=1S/C18H28N2/c1-18(2,3)16-20-14-12-19(13-15-20)11-7-10-17-8-5-4-6-9-17/h4-10H,11-16H2,1-3H3/b10-7+. The lowest BCUT2D eigenvalue weighted by molar-refractivity contribution is 0.109. The molecule has 0 aromatic heterocycles. The highest BCUT2D eigenvalue weighted by Gasteiger charge is 2.20. The van der Waals surface area contributed by atoms with E-state index in [0.717, 1.165) is 6.54 Å². The van der Waals surface area contributed by atoms with Crippen LogP contribution in [0.1, 0.15) is 26.3 Å². The van der Waals surface area contributed by atoms with Crippen molar-refractivity contribution in [1.82, 2.24) is 9.80 Å². The molecule has 2 rings (SSSR count). The quantitative estimate of drug-likeness (QED) is 0.829. The molecular weight excluding hydrogens is 244 g/mol. The Labute approximate surface area is 124 Å². The van der Waals surface area contributed by atoms with E-state index in [2.05, 4.69) is 73.1 Å².